The van der Waals surface area contributed by atoms with Crippen molar-refractivity contribution in [2.45, 2.75) is 127 Å². The number of benzene rings is 1. The second-order valence-electron chi connectivity index (χ2n) is 16.6. The molecule has 2 aliphatic heterocycles. The van der Waals surface area contributed by atoms with Crippen LogP contribution in [0.4, 0.5) is 0 Å². The molecule has 0 saturated carbocycles. The van der Waals surface area contributed by atoms with Crippen molar-refractivity contribution in [1.82, 2.24) is 41.8 Å². The van der Waals surface area contributed by atoms with Gasteiger partial charge in [0.25, 0.3) is 0 Å². The Kier molecular flexibility index (Phi) is 18.3. The number of aromatic amines is 1. The summed E-state index contributed by atoms with van der Waals surface area (Å²) < 4.78 is 14.5. The highest BCUT2D eigenvalue weighted by atomic mass is 32.2. The fourth-order valence-electron chi connectivity index (χ4n) is 7.74. The molecule has 4 rings (SSSR count). The van der Waals surface area contributed by atoms with Crippen molar-refractivity contribution in [3.63, 3.8) is 0 Å². The van der Waals surface area contributed by atoms with Crippen LogP contribution in [0.2, 0.25) is 0 Å². The molecule has 3 heterocycles. The fraction of sp³-hybridized carbons (Fsp3) is 0.595. The van der Waals surface area contributed by atoms with E-state index in [0.29, 0.717) is 6.42 Å². The molecular formula is C42H60N8O14S. The van der Waals surface area contributed by atoms with Crippen molar-refractivity contribution in [1.29, 1.82) is 0 Å². The number of fused-ring (bicyclic) bond motifs is 4. The number of nitrogens with one attached hydrogen (secondary N) is 7. The number of hydrogen-bond acceptors (Lipinski definition) is 14. The van der Waals surface area contributed by atoms with Crippen LogP contribution in [0.15, 0.2) is 23.2 Å². The van der Waals surface area contributed by atoms with Crippen LogP contribution in [0.1, 0.15) is 72.8 Å². The molecule has 3 unspecified atom stereocenters. The number of aliphatic hydroxyl groups excluding tert-OH is 3. The van der Waals surface area contributed by atoms with Crippen molar-refractivity contribution >= 4 is 74.6 Å². The first-order valence-electron chi connectivity index (χ1n) is 21.4. The van der Waals surface area contributed by atoms with Gasteiger partial charge >= 0.3 is 0 Å². The summed E-state index contributed by atoms with van der Waals surface area (Å²) in [5.41, 5.74) is 0.292. The molecule has 65 heavy (non-hydrogen) atoms. The van der Waals surface area contributed by atoms with E-state index in [1.165, 1.54) is 39.0 Å². The lowest BCUT2D eigenvalue weighted by atomic mass is 9.93. The van der Waals surface area contributed by atoms with Crippen molar-refractivity contribution < 1.29 is 67.8 Å². The lowest BCUT2D eigenvalue weighted by molar-refractivity contribution is -0.144. The molecule has 0 aliphatic carbocycles. The predicted octanol–water partition coefficient (Wildman–Crippen LogP) is -2.95. The summed E-state index contributed by atoms with van der Waals surface area (Å²) in [5.74, 6) is -9.85. The Morgan fingerprint density at radius 2 is 1.66 bits per heavy atom. The maximum Gasteiger partial charge on any atom is 0.246 e. The van der Waals surface area contributed by atoms with Crippen molar-refractivity contribution in [2.75, 3.05) is 25.4 Å². The zero-order valence-electron chi connectivity index (χ0n) is 37.1. The summed E-state index contributed by atoms with van der Waals surface area (Å²) in [6.07, 6.45) is -3.99. The van der Waals surface area contributed by atoms with Gasteiger partial charge in [-0.05, 0) is 37.5 Å². The first-order chi connectivity index (χ1) is 30.6. The molecular weight excluding hydrogens is 873 g/mol. The Bertz CT molecular complexity index is 2180. The molecule has 1 aromatic carbocycles. The van der Waals surface area contributed by atoms with Gasteiger partial charge in [0.05, 0.1) is 53.5 Å². The van der Waals surface area contributed by atoms with E-state index in [-0.39, 0.29) is 51.8 Å². The first kappa shape index (κ1) is 51.9. The largest absolute Gasteiger partial charge is 0.508 e. The van der Waals surface area contributed by atoms with E-state index >= 15 is 0 Å². The number of hydrogen-bond donors (Lipinski definition) is 11. The maximum absolute atomic E-state index is 14.5. The molecule has 358 valence electrons. The summed E-state index contributed by atoms with van der Waals surface area (Å²) in [4.78, 5) is 126. The number of aromatic nitrogens is 1. The van der Waals surface area contributed by atoms with Gasteiger partial charge in [-0.25, -0.2) is 0 Å². The standard InChI is InChI=1S/C42H60N8O14S/c1-7-19(3)35(22(6)53)48-34(58)15-43-37(59)28-14-26-25-10-9-23(54)12-27(25)47-41(26)65(64)18-30(44-33(57)8-2)38(60)46-29(11-20(4)52)42(63)50-16-24(55)13-31(50)39(61)49-36(40(62)45-28)21(5)32(56)17-51/h9-10,12,19,21,24,28-32,35-36,47,51,54-56H,7-8,11,13-18H2,1-6H3,(H,43,59)(H,44,57)(H,45,62)(H,46,60)(H,48,58)(H,49,61)/t19-,21-,24?,28?,29-,30?,31-,32-,35-,36-,65+/m0/s1. The molecule has 7 amide bonds. The second kappa shape index (κ2) is 22.9. The average molecular weight is 933 g/mol. The maximum atomic E-state index is 14.5. The Labute approximate surface area is 377 Å². The quantitative estimate of drug-likeness (QED) is 0.0903. The molecule has 0 spiro atoms. The average Bonchev–Trinajstić information content (AvgIpc) is 3.83. The van der Waals surface area contributed by atoms with Crippen molar-refractivity contribution in [2.24, 2.45) is 11.8 Å². The van der Waals surface area contributed by atoms with Crippen LogP contribution in [0.5, 0.6) is 5.75 Å². The Morgan fingerprint density at radius 1 is 0.969 bits per heavy atom. The Hall–Kier alpha value is -5.78. The molecule has 1 fully saturated rings. The third-order valence-electron chi connectivity index (χ3n) is 11.7. The van der Waals surface area contributed by atoms with E-state index in [0.717, 1.165) is 11.8 Å². The van der Waals surface area contributed by atoms with E-state index in [9.17, 15) is 67.8 Å². The van der Waals surface area contributed by atoms with Crippen LogP contribution in [-0.2, 0) is 60.4 Å². The number of aliphatic hydroxyl groups is 3. The molecule has 2 aromatic rings. The van der Waals surface area contributed by atoms with Crippen LogP contribution in [-0.4, -0.2) is 161 Å². The van der Waals surface area contributed by atoms with Gasteiger partial charge in [-0.1, -0.05) is 34.1 Å². The summed E-state index contributed by atoms with van der Waals surface area (Å²) in [7, 11) is -2.31. The lowest BCUT2D eigenvalue weighted by Gasteiger charge is -2.32. The minimum Gasteiger partial charge on any atom is -0.508 e. The van der Waals surface area contributed by atoms with E-state index in [1.807, 2.05) is 6.92 Å². The number of rotatable bonds is 14. The normalized spacial score (nSPS) is 25.2. The van der Waals surface area contributed by atoms with E-state index in [2.05, 4.69) is 36.9 Å². The topological polar surface area (TPSA) is 343 Å². The van der Waals surface area contributed by atoms with Gasteiger partial charge in [0, 0.05) is 49.6 Å². The highest BCUT2D eigenvalue weighted by Crippen LogP contribution is 2.30. The molecule has 23 heteroatoms. The van der Waals surface area contributed by atoms with E-state index in [1.54, 1.807) is 6.92 Å². The smallest absolute Gasteiger partial charge is 0.246 e. The van der Waals surface area contributed by atoms with Gasteiger partial charge in [-0.15, -0.1) is 0 Å². The number of phenolic OH excluding ortho intramolecular Hbond substituents is 1. The number of ketones is 2. The number of phenols is 1. The Balaban J connectivity index is 1.90. The molecule has 11 atom stereocenters. The fourth-order valence-corrected chi connectivity index (χ4v) is 9.14. The van der Waals surface area contributed by atoms with Gasteiger partial charge < -0.3 is 62.2 Å². The summed E-state index contributed by atoms with van der Waals surface area (Å²) in [6, 6.07) is -5.10. The number of carbonyl (C=O) groups excluding carboxylic acids is 9. The van der Waals surface area contributed by atoms with E-state index < -0.39 is 151 Å². The van der Waals surface area contributed by atoms with Crippen LogP contribution in [0.25, 0.3) is 10.9 Å². The second-order valence-corrected chi connectivity index (χ2v) is 18.1. The molecule has 1 aromatic heterocycles. The molecule has 0 radical (unpaired) electrons. The van der Waals surface area contributed by atoms with Gasteiger partial charge in [0.2, 0.25) is 41.4 Å². The zero-order valence-corrected chi connectivity index (χ0v) is 37.9. The van der Waals surface area contributed by atoms with Gasteiger partial charge in [-0.3, -0.25) is 47.4 Å². The number of amides is 7. The number of H-pyrrole nitrogens is 1. The first-order valence-corrected chi connectivity index (χ1v) is 22.7. The number of carbonyl (C=O) groups is 9. The highest BCUT2D eigenvalue weighted by molar-refractivity contribution is 7.85. The van der Waals surface area contributed by atoms with Crippen LogP contribution in [0, 0.1) is 11.8 Å². The van der Waals surface area contributed by atoms with Crippen LogP contribution < -0.4 is 31.9 Å². The molecule has 22 nitrogen and oxygen atoms in total. The van der Waals surface area contributed by atoms with Gasteiger partial charge in [0.15, 0.2) is 5.78 Å². The summed E-state index contributed by atoms with van der Waals surface area (Å²) in [5, 5.41) is 56.9. The molecule has 0 bridgehead atoms. The Morgan fingerprint density at radius 3 is 2.28 bits per heavy atom. The molecule has 11 N–H and O–H groups in total. The third-order valence-corrected chi connectivity index (χ3v) is 13.1. The summed E-state index contributed by atoms with van der Waals surface area (Å²) in [6.45, 7) is 6.83. The van der Waals surface area contributed by atoms with Crippen LogP contribution >= 0.6 is 0 Å². The van der Waals surface area contributed by atoms with Crippen molar-refractivity contribution in [3.05, 3.63) is 23.8 Å². The van der Waals surface area contributed by atoms with E-state index in [4.69, 9.17) is 0 Å². The summed E-state index contributed by atoms with van der Waals surface area (Å²) >= 11 is 0. The van der Waals surface area contributed by atoms with Gasteiger partial charge in [0.1, 0.15) is 46.8 Å². The van der Waals surface area contributed by atoms with Crippen LogP contribution in [0.3, 0.4) is 0 Å². The third kappa shape index (κ3) is 13.2. The molecule has 1 saturated heterocycles. The van der Waals surface area contributed by atoms with Crippen molar-refractivity contribution in [3.8, 4) is 5.75 Å². The number of Topliss-reactive ketones (excluding diaryl/α,β-unsaturated/α-hetero) is 2. The minimum absolute atomic E-state index is 0.1000. The zero-order chi connectivity index (χ0) is 48.4. The lowest BCUT2D eigenvalue weighted by Crippen LogP contribution is -2.61. The minimum atomic E-state index is -2.31. The monoisotopic (exact) mass is 932 g/mol. The number of aromatic hydroxyl groups is 1. The SMILES string of the molecule is CCC(=O)NC1C[S@@](=O)c2[nH]c3cc(O)ccc3c2CC(C(=O)NCC(=O)N[C@H](C(C)=O)[C@@H](C)CC)NC(=O)[C@H]([C@@H](C)[C@@H](O)CO)NC(=O)[C@@H]2CC(O)CN2C(=O)[C@H](CC(C)=O)NC1=O. The molecule has 2 aliphatic rings. The number of nitrogens with zero attached hydrogens (tertiary/aromatic N) is 1. The highest BCUT2D eigenvalue weighted by Gasteiger charge is 2.45. The predicted molar refractivity (Wildman–Crippen MR) is 232 cm³/mol. The van der Waals surface area contributed by atoms with Gasteiger partial charge in [-0.2, -0.15) is 0 Å².